The van der Waals surface area contributed by atoms with Gasteiger partial charge in [0.2, 0.25) is 10.0 Å². The number of hydrogen-bond donors (Lipinski definition) is 2. The van der Waals surface area contributed by atoms with E-state index in [1.807, 2.05) is 32.9 Å². The van der Waals surface area contributed by atoms with Crippen LogP contribution in [0.3, 0.4) is 0 Å². The van der Waals surface area contributed by atoms with Gasteiger partial charge in [-0.3, -0.25) is 10.2 Å². The van der Waals surface area contributed by atoms with Gasteiger partial charge in [0.25, 0.3) is 0 Å². The van der Waals surface area contributed by atoms with Crippen molar-refractivity contribution in [2.24, 2.45) is 16.7 Å². The number of rotatable bonds is 12. The number of sulfone groups is 1. The first-order valence-corrected chi connectivity index (χ1v) is 21.9. The zero-order chi connectivity index (χ0) is 35.8. The molecule has 1 aromatic carbocycles. The molecule has 0 aromatic heterocycles. The Morgan fingerprint density at radius 3 is 2.35 bits per heavy atom. The molecule has 0 spiro atoms. The molecule has 5 atom stereocenters. The number of nitrogens with one attached hydrogen (secondary N) is 2. The molecule has 2 aliphatic heterocycles. The van der Waals surface area contributed by atoms with Crippen LogP contribution in [0.4, 0.5) is 10.5 Å². The van der Waals surface area contributed by atoms with Gasteiger partial charge in [-0.15, -0.1) is 0 Å². The quantitative estimate of drug-likeness (QED) is 0.295. The summed E-state index contributed by atoms with van der Waals surface area (Å²) in [5.41, 5.74) is 1.23. The normalized spacial score (nSPS) is 28.5. The molecule has 4 unspecified atom stereocenters. The van der Waals surface area contributed by atoms with E-state index in [1.54, 1.807) is 9.21 Å². The Bertz CT molecular complexity index is 1540. The number of likely N-dealkylation sites (tertiary alicyclic amines) is 1. The van der Waals surface area contributed by atoms with Crippen molar-refractivity contribution in [2.75, 3.05) is 56.2 Å². The maximum atomic E-state index is 14.1. The van der Waals surface area contributed by atoms with Gasteiger partial charge >= 0.3 is 6.09 Å². The number of hydrogen-bond acceptors (Lipinski definition) is 9. The van der Waals surface area contributed by atoms with Crippen molar-refractivity contribution < 1.29 is 26.4 Å². The van der Waals surface area contributed by atoms with Crippen molar-refractivity contribution in [1.82, 2.24) is 19.8 Å². The second-order valence-electron chi connectivity index (χ2n) is 16.6. The first kappa shape index (κ1) is 38.3. The fourth-order valence-electron chi connectivity index (χ4n) is 9.09. The summed E-state index contributed by atoms with van der Waals surface area (Å²) < 4.78 is 61.4. The van der Waals surface area contributed by atoms with Gasteiger partial charge in [-0.2, -0.15) is 4.31 Å². The highest BCUT2D eigenvalue weighted by Gasteiger charge is 2.65. The fourth-order valence-corrected chi connectivity index (χ4v) is 12.4. The SMILES string of the molecule is Cc1ccccc1N1CCN(S(=O)(=O)CC23CCC(CC2NCCCC(N[C@@H]2CCCCN2C(=O)OC(C)(C)C)S(C)(=O)=O)C3(C)C)CC1. The van der Waals surface area contributed by atoms with E-state index in [-0.39, 0.29) is 22.6 Å². The van der Waals surface area contributed by atoms with E-state index in [2.05, 4.69) is 48.4 Å². The molecule has 49 heavy (non-hydrogen) atoms. The van der Waals surface area contributed by atoms with Crippen molar-refractivity contribution in [3.8, 4) is 0 Å². The number of ether oxygens (including phenoxy) is 1. The van der Waals surface area contributed by atoms with Crippen molar-refractivity contribution >= 4 is 31.6 Å². The Morgan fingerprint density at radius 1 is 1.02 bits per heavy atom. The smallest absolute Gasteiger partial charge is 0.411 e. The lowest BCUT2D eigenvalue weighted by Crippen LogP contribution is -2.56. The largest absolute Gasteiger partial charge is 0.444 e. The molecule has 4 aliphatic rings. The van der Waals surface area contributed by atoms with E-state index in [0.29, 0.717) is 64.4 Å². The highest BCUT2D eigenvalue weighted by atomic mass is 32.2. The third-order valence-corrected chi connectivity index (χ3v) is 15.5. The molecular weight excluding hydrogens is 663 g/mol. The van der Waals surface area contributed by atoms with Crippen LogP contribution in [0.1, 0.15) is 91.5 Å². The number of piperazine rings is 1. The Hall–Kier alpha value is -1.93. The minimum Gasteiger partial charge on any atom is -0.444 e. The molecule has 4 fully saturated rings. The minimum absolute atomic E-state index is 0.0509. The topological polar surface area (TPSA) is 128 Å². The monoisotopic (exact) mass is 723 g/mol. The lowest BCUT2D eigenvalue weighted by atomic mass is 9.69. The Morgan fingerprint density at radius 2 is 1.71 bits per heavy atom. The molecule has 2 N–H and O–H groups in total. The van der Waals surface area contributed by atoms with Crippen LogP contribution in [-0.4, -0.2) is 107 Å². The summed E-state index contributed by atoms with van der Waals surface area (Å²) in [6.07, 6.45) is 6.68. The number of piperidine rings is 1. The van der Waals surface area contributed by atoms with Gasteiger partial charge in [-0.25, -0.2) is 21.6 Å². The van der Waals surface area contributed by atoms with Gasteiger partial charge in [0.15, 0.2) is 9.84 Å². The van der Waals surface area contributed by atoms with Crippen LogP contribution in [0.2, 0.25) is 0 Å². The lowest BCUT2D eigenvalue weighted by Gasteiger charge is -2.44. The second kappa shape index (κ2) is 14.6. The first-order chi connectivity index (χ1) is 22.8. The predicted molar refractivity (Wildman–Crippen MR) is 196 cm³/mol. The van der Waals surface area contributed by atoms with Crippen LogP contribution in [-0.2, 0) is 24.6 Å². The molecule has 2 saturated carbocycles. The molecule has 278 valence electrons. The molecule has 1 amide bonds. The number of benzene rings is 1. The number of fused-ring (bicyclic) bond motifs is 2. The number of amides is 1. The summed E-state index contributed by atoms with van der Waals surface area (Å²) in [6.45, 7) is 15.5. The number of nitrogens with zero attached hydrogens (tertiary/aromatic N) is 3. The van der Waals surface area contributed by atoms with Gasteiger partial charge in [0.05, 0.1) is 11.9 Å². The van der Waals surface area contributed by atoms with E-state index in [4.69, 9.17) is 4.74 Å². The number of carbonyl (C=O) groups is 1. The summed E-state index contributed by atoms with van der Waals surface area (Å²) in [4.78, 5) is 16.9. The third kappa shape index (κ3) is 8.42. The first-order valence-electron chi connectivity index (χ1n) is 18.3. The van der Waals surface area contributed by atoms with Crippen LogP contribution in [0.25, 0.3) is 0 Å². The minimum atomic E-state index is -3.50. The van der Waals surface area contributed by atoms with Crippen LogP contribution in [0.15, 0.2) is 24.3 Å². The van der Waals surface area contributed by atoms with Crippen LogP contribution in [0.5, 0.6) is 0 Å². The second-order valence-corrected chi connectivity index (χ2v) is 20.8. The number of anilines is 1. The number of aryl methyl sites for hydroxylation is 1. The van der Waals surface area contributed by atoms with Crippen molar-refractivity contribution in [3.63, 3.8) is 0 Å². The maximum absolute atomic E-state index is 14.1. The fraction of sp³-hybridized carbons (Fsp3) is 0.806. The zero-order valence-corrected chi connectivity index (χ0v) is 32.5. The molecule has 1 aromatic rings. The molecule has 0 radical (unpaired) electrons. The summed E-state index contributed by atoms with van der Waals surface area (Å²) in [5, 5.41) is 6.23. The van der Waals surface area contributed by atoms with E-state index < -0.39 is 43.1 Å². The maximum Gasteiger partial charge on any atom is 0.411 e. The van der Waals surface area contributed by atoms with Gasteiger partial charge in [0.1, 0.15) is 11.0 Å². The molecule has 2 heterocycles. The Kier molecular flexibility index (Phi) is 11.4. The molecule has 11 nitrogen and oxygen atoms in total. The Balaban J connectivity index is 1.20. The van der Waals surface area contributed by atoms with Gasteiger partial charge < -0.3 is 15.0 Å². The van der Waals surface area contributed by atoms with Crippen LogP contribution >= 0.6 is 0 Å². The molecule has 2 bridgehead atoms. The van der Waals surface area contributed by atoms with Gasteiger partial charge in [-0.1, -0.05) is 32.0 Å². The average molecular weight is 724 g/mol. The van der Waals surface area contributed by atoms with Crippen LogP contribution in [0, 0.1) is 23.7 Å². The van der Waals surface area contributed by atoms with E-state index >= 15 is 0 Å². The predicted octanol–water partition coefficient (Wildman–Crippen LogP) is 4.72. The Labute approximate surface area is 295 Å². The van der Waals surface area contributed by atoms with E-state index in [0.717, 1.165) is 32.1 Å². The summed E-state index contributed by atoms with van der Waals surface area (Å²) in [7, 11) is -6.95. The van der Waals surface area contributed by atoms with Crippen molar-refractivity contribution in [2.45, 2.75) is 116 Å². The lowest BCUT2D eigenvalue weighted by molar-refractivity contribution is 0.00472. The number of carbonyl (C=O) groups excluding carboxylic acids is 1. The highest BCUT2D eigenvalue weighted by molar-refractivity contribution is 7.91. The molecule has 2 aliphatic carbocycles. The van der Waals surface area contributed by atoms with Crippen LogP contribution < -0.4 is 15.5 Å². The average Bonchev–Trinajstić information content (AvgIpc) is 3.37. The summed E-state index contributed by atoms with van der Waals surface area (Å²) >= 11 is 0. The van der Waals surface area contributed by atoms with E-state index in [1.165, 1.54) is 17.5 Å². The molecule has 5 rings (SSSR count). The molecular formula is C36H61N5O6S2. The van der Waals surface area contributed by atoms with Crippen molar-refractivity contribution in [1.29, 1.82) is 0 Å². The zero-order valence-electron chi connectivity index (χ0n) is 30.8. The number of sulfonamides is 1. The van der Waals surface area contributed by atoms with Gasteiger partial charge in [0, 0.05) is 56.1 Å². The standard InChI is InChI=1S/C36H61N5O6S2/c1-27-13-8-9-14-29(27)39-21-23-40(24-22-39)49(45,46)26-36-18-17-28(35(36,5)6)25-30(36)37-19-12-16-32(48(7,43)44)38-31-15-10-11-20-41(31)33(42)47-34(2,3)4/h8-9,13-14,28,30-32,37-38H,10-12,15-26H2,1-7H3/t28?,30?,31-,32?,36?/m0/s1. The summed E-state index contributed by atoms with van der Waals surface area (Å²) in [6, 6.07) is 8.32. The number of para-hydroxylation sites is 1. The van der Waals surface area contributed by atoms with Crippen molar-refractivity contribution in [3.05, 3.63) is 29.8 Å². The van der Waals surface area contributed by atoms with E-state index in [9.17, 15) is 21.6 Å². The summed E-state index contributed by atoms with van der Waals surface area (Å²) in [5.74, 6) is 0.593. The molecule has 13 heteroatoms. The highest BCUT2D eigenvalue weighted by Crippen LogP contribution is 2.66. The third-order valence-electron chi connectivity index (χ3n) is 12.0. The van der Waals surface area contributed by atoms with Gasteiger partial charge in [-0.05, 0) is 109 Å². The molecule has 2 saturated heterocycles.